The second-order valence-electron chi connectivity index (χ2n) is 5.31. The first-order valence-corrected chi connectivity index (χ1v) is 6.29. The van der Waals surface area contributed by atoms with Gasteiger partial charge in [0.25, 0.3) is 0 Å². The summed E-state index contributed by atoms with van der Waals surface area (Å²) in [6.45, 7) is 10.6. The molecule has 17 heavy (non-hydrogen) atoms. The highest BCUT2D eigenvalue weighted by Crippen LogP contribution is 2.15. The van der Waals surface area contributed by atoms with Crippen LogP contribution < -0.4 is 11.1 Å². The first-order valence-electron chi connectivity index (χ1n) is 6.29. The van der Waals surface area contributed by atoms with Gasteiger partial charge >= 0.3 is 0 Å². The minimum absolute atomic E-state index is 0.0417. The highest BCUT2D eigenvalue weighted by Gasteiger charge is 2.26. The third-order valence-electron chi connectivity index (χ3n) is 3.03. The maximum Gasteiger partial charge on any atom is 0.224 e. The van der Waals surface area contributed by atoms with E-state index in [1.165, 1.54) is 0 Å². The van der Waals surface area contributed by atoms with Crippen molar-refractivity contribution in [3.05, 3.63) is 0 Å². The predicted molar refractivity (Wildman–Crippen MR) is 67.7 cm³/mol. The second kappa shape index (κ2) is 6.33. The van der Waals surface area contributed by atoms with Gasteiger partial charge in [-0.25, -0.2) is 0 Å². The van der Waals surface area contributed by atoms with Crippen molar-refractivity contribution in [2.45, 2.75) is 26.4 Å². The van der Waals surface area contributed by atoms with Crippen molar-refractivity contribution in [1.82, 2.24) is 10.2 Å². The molecule has 0 spiro atoms. The van der Waals surface area contributed by atoms with E-state index in [0.717, 1.165) is 26.2 Å². The Morgan fingerprint density at radius 1 is 1.59 bits per heavy atom. The summed E-state index contributed by atoms with van der Waals surface area (Å²) in [7, 11) is 0. The zero-order chi connectivity index (χ0) is 12.9. The summed E-state index contributed by atoms with van der Waals surface area (Å²) in [6, 6.07) is 0. The van der Waals surface area contributed by atoms with E-state index in [4.69, 9.17) is 10.5 Å². The number of morpholine rings is 1. The smallest absolute Gasteiger partial charge is 0.224 e. The predicted octanol–water partition coefficient (Wildman–Crippen LogP) is -0.192. The Morgan fingerprint density at radius 2 is 2.29 bits per heavy atom. The topological polar surface area (TPSA) is 67.6 Å². The van der Waals surface area contributed by atoms with Crippen molar-refractivity contribution in [1.29, 1.82) is 0 Å². The van der Waals surface area contributed by atoms with Crippen LogP contribution in [0.1, 0.15) is 20.8 Å². The lowest BCUT2D eigenvalue weighted by Crippen LogP contribution is -2.50. The SMILES string of the molecule is CC(CN)C(=O)NCCN1CCOC(C)(C)C1. The summed E-state index contributed by atoms with van der Waals surface area (Å²) in [4.78, 5) is 13.8. The minimum Gasteiger partial charge on any atom is -0.373 e. The van der Waals surface area contributed by atoms with Crippen molar-refractivity contribution >= 4 is 5.91 Å². The number of nitrogens with zero attached hydrogens (tertiary/aromatic N) is 1. The van der Waals surface area contributed by atoms with E-state index < -0.39 is 0 Å². The number of hydrogen-bond acceptors (Lipinski definition) is 4. The van der Waals surface area contributed by atoms with Gasteiger partial charge in [0.2, 0.25) is 5.91 Å². The van der Waals surface area contributed by atoms with E-state index in [-0.39, 0.29) is 17.4 Å². The Morgan fingerprint density at radius 3 is 2.88 bits per heavy atom. The van der Waals surface area contributed by atoms with E-state index >= 15 is 0 Å². The lowest BCUT2D eigenvalue weighted by atomic mass is 10.1. The number of hydrogen-bond donors (Lipinski definition) is 2. The average Bonchev–Trinajstić information content (AvgIpc) is 2.26. The molecule has 1 atom stereocenters. The van der Waals surface area contributed by atoms with Crippen LogP contribution in [0.3, 0.4) is 0 Å². The quantitative estimate of drug-likeness (QED) is 0.702. The summed E-state index contributed by atoms with van der Waals surface area (Å²) in [6.07, 6.45) is 0. The number of rotatable bonds is 5. The molecule has 1 saturated heterocycles. The van der Waals surface area contributed by atoms with Crippen LogP contribution >= 0.6 is 0 Å². The fourth-order valence-electron chi connectivity index (χ4n) is 1.92. The van der Waals surface area contributed by atoms with Gasteiger partial charge in [0, 0.05) is 38.6 Å². The lowest BCUT2D eigenvalue weighted by Gasteiger charge is -2.38. The standard InChI is InChI=1S/C12H25N3O2/c1-10(8-13)11(16)14-4-5-15-6-7-17-12(2,3)9-15/h10H,4-9,13H2,1-3H3,(H,14,16). The zero-order valence-electron chi connectivity index (χ0n) is 11.2. The molecule has 0 aromatic carbocycles. The minimum atomic E-state index is -0.101. The highest BCUT2D eigenvalue weighted by atomic mass is 16.5. The average molecular weight is 243 g/mol. The van der Waals surface area contributed by atoms with Gasteiger partial charge < -0.3 is 15.8 Å². The number of carbonyl (C=O) groups is 1. The van der Waals surface area contributed by atoms with E-state index in [2.05, 4.69) is 24.1 Å². The van der Waals surface area contributed by atoms with Crippen LogP contribution in [0.4, 0.5) is 0 Å². The summed E-state index contributed by atoms with van der Waals surface area (Å²) < 4.78 is 5.63. The first-order chi connectivity index (χ1) is 7.94. The molecule has 1 amide bonds. The van der Waals surface area contributed by atoms with Crippen LogP contribution in [-0.4, -0.2) is 55.7 Å². The fraction of sp³-hybridized carbons (Fsp3) is 0.917. The van der Waals surface area contributed by atoms with Gasteiger partial charge in [0.1, 0.15) is 0 Å². The molecule has 5 heteroatoms. The molecule has 0 bridgehead atoms. The third kappa shape index (κ3) is 5.02. The Kier molecular flexibility index (Phi) is 5.36. The van der Waals surface area contributed by atoms with Gasteiger partial charge in [-0.3, -0.25) is 9.69 Å². The summed E-state index contributed by atoms with van der Waals surface area (Å²) in [5.74, 6) is -0.0591. The molecule has 0 saturated carbocycles. The molecule has 0 radical (unpaired) electrons. The molecule has 0 aromatic rings. The monoisotopic (exact) mass is 243 g/mol. The van der Waals surface area contributed by atoms with Gasteiger partial charge in [0.05, 0.1) is 12.2 Å². The summed E-state index contributed by atoms with van der Waals surface area (Å²) >= 11 is 0. The lowest BCUT2D eigenvalue weighted by molar-refractivity contribution is -0.124. The molecule has 1 fully saturated rings. The Labute approximate surface area is 104 Å². The molecule has 1 unspecified atom stereocenters. The molecule has 1 aliphatic heterocycles. The third-order valence-corrected chi connectivity index (χ3v) is 3.03. The van der Waals surface area contributed by atoms with Gasteiger partial charge in [-0.15, -0.1) is 0 Å². The van der Waals surface area contributed by atoms with Gasteiger partial charge in [-0.2, -0.15) is 0 Å². The van der Waals surface area contributed by atoms with E-state index in [0.29, 0.717) is 13.1 Å². The van der Waals surface area contributed by atoms with Crippen molar-refractivity contribution in [2.24, 2.45) is 11.7 Å². The molecular weight excluding hydrogens is 218 g/mol. The fourth-order valence-corrected chi connectivity index (χ4v) is 1.92. The Bertz CT molecular complexity index is 256. The van der Waals surface area contributed by atoms with Crippen LogP contribution in [0.5, 0.6) is 0 Å². The van der Waals surface area contributed by atoms with Crippen molar-refractivity contribution in [3.63, 3.8) is 0 Å². The maximum atomic E-state index is 11.5. The Balaban J connectivity index is 2.20. The summed E-state index contributed by atoms with van der Waals surface area (Å²) in [5.41, 5.74) is 5.36. The molecule has 0 aromatic heterocycles. The number of carbonyl (C=O) groups excluding carboxylic acids is 1. The van der Waals surface area contributed by atoms with Crippen LogP contribution in [0.25, 0.3) is 0 Å². The summed E-state index contributed by atoms with van der Waals surface area (Å²) in [5, 5.41) is 2.91. The maximum absolute atomic E-state index is 11.5. The highest BCUT2D eigenvalue weighted by molar-refractivity contribution is 5.78. The largest absolute Gasteiger partial charge is 0.373 e. The van der Waals surface area contributed by atoms with Crippen LogP contribution in [-0.2, 0) is 9.53 Å². The number of ether oxygens (including phenoxy) is 1. The number of amides is 1. The van der Waals surface area contributed by atoms with E-state index in [9.17, 15) is 4.79 Å². The molecule has 3 N–H and O–H groups in total. The molecule has 1 rings (SSSR count). The van der Waals surface area contributed by atoms with Crippen molar-refractivity contribution in [3.8, 4) is 0 Å². The van der Waals surface area contributed by atoms with Gasteiger partial charge in [-0.05, 0) is 13.8 Å². The van der Waals surface area contributed by atoms with E-state index in [1.54, 1.807) is 0 Å². The first kappa shape index (κ1) is 14.4. The molecule has 5 nitrogen and oxygen atoms in total. The number of nitrogens with one attached hydrogen (secondary N) is 1. The molecule has 100 valence electrons. The zero-order valence-corrected chi connectivity index (χ0v) is 11.2. The van der Waals surface area contributed by atoms with Crippen molar-refractivity contribution < 1.29 is 9.53 Å². The molecular formula is C12H25N3O2. The van der Waals surface area contributed by atoms with Crippen LogP contribution in [0.2, 0.25) is 0 Å². The van der Waals surface area contributed by atoms with Gasteiger partial charge in [-0.1, -0.05) is 6.92 Å². The van der Waals surface area contributed by atoms with Crippen LogP contribution in [0, 0.1) is 5.92 Å². The van der Waals surface area contributed by atoms with Crippen LogP contribution in [0.15, 0.2) is 0 Å². The normalized spacial score (nSPS) is 22.1. The number of nitrogens with two attached hydrogens (primary N) is 1. The Hall–Kier alpha value is -0.650. The van der Waals surface area contributed by atoms with Crippen molar-refractivity contribution in [2.75, 3.05) is 39.3 Å². The molecule has 0 aliphatic carbocycles. The van der Waals surface area contributed by atoms with E-state index in [1.807, 2.05) is 6.92 Å². The second-order valence-corrected chi connectivity index (χ2v) is 5.31. The molecule has 1 aliphatic rings. The molecule has 1 heterocycles. The van der Waals surface area contributed by atoms with Gasteiger partial charge in [0.15, 0.2) is 0 Å².